The smallest absolute Gasteiger partial charge is 0.119 e. The molecular weight excluding hydrogens is 480 g/mol. The van der Waals surface area contributed by atoms with Gasteiger partial charge in [-0.15, -0.1) is 0 Å². The van der Waals surface area contributed by atoms with Gasteiger partial charge in [0, 0.05) is 13.1 Å². The van der Waals surface area contributed by atoms with Gasteiger partial charge in [-0.2, -0.15) is 0 Å². The summed E-state index contributed by atoms with van der Waals surface area (Å²) in [4.78, 5) is 4.98. The Bertz CT molecular complexity index is 1120. The average molecular weight is 525 g/mol. The van der Waals surface area contributed by atoms with Crippen molar-refractivity contribution in [3.8, 4) is 11.5 Å². The second kappa shape index (κ2) is 13.8. The van der Waals surface area contributed by atoms with Crippen molar-refractivity contribution in [2.45, 2.75) is 46.0 Å². The fourth-order valence-electron chi connectivity index (χ4n) is 5.83. The van der Waals surface area contributed by atoms with Gasteiger partial charge in [0.2, 0.25) is 0 Å². The highest BCUT2D eigenvalue weighted by atomic mass is 16.5. The van der Waals surface area contributed by atoms with Crippen LogP contribution in [-0.4, -0.2) is 62.3 Å². The van der Waals surface area contributed by atoms with E-state index in [2.05, 4.69) is 96.4 Å². The van der Waals surface area contributed by atoms with E-state index in [-0.39, 0.29) is 0 Å². The largest absolute Gasteiger partial charge is 0.492 e. The predicted octanol–water partition coefficient (Wildman–Crippen LogP) is 7.31. The van der Waals surface area contributed by atoms with Crippen LogP contribution in [0.3, 0.4) is 0 Å². The summed E-state index contributed by atoms with van der Waals surface area (Å²) in [5.74, 6) is 1.87. The van der Waals surface area contributed by atoms with Crippen LogP contribution in [-0.2, 0) is 0 Å². The topological polar surface area (TPSA) is 24.9 Å². The third-order valence-corrected chi connectivity index (χ3v) is 8.09. The van der Waals surface area contributed by atoms with Crippen LogP contribution in [0.25, 0.3) is 11.1 Å². The Hall–Kier alpha value is -3.08. The van der Waals surface area contributed by atoms with Crippen molar-refractivity contribution in [2.24, 2.45) is 0 Å². The predicted molar refractivity (Wildman–Crippen MR) is 163 cm³/mol. The van der Waals surface area contributed by atoms with Gasteiger partial charge in [0.1, 0.15) is 24.7 Å². The number of nitrogens with zero attached hydrogens (tertiary/aromatic N) is 2. The number of hydrogen-bond acceptors (Lipinski definition) is 4. The lowest BCUT2D eigenvalue weighted by atomic mass is 9.88. The van der Waals surface area contributed by atoms with Crippen LogP contribution in [0.15, 0.2) is 72.8 Å². The molecule has 0 spiro atoms. The summed E-state index contributed by atoms with van der Waals surface area (Å²) >= 11 is 0. The average Bonchev–Trinajstić information content (AvgIpc) is 3.69. The monoisotopic (exact) mass is 524 g/mol. The molecule has 0 N–H and O–H groups in total. The van der Waals surface area contributed by atoms with Crippen molar-refractivity contribution in [2.75, 3.05) is 52.5 Å². The van der Waals surface area contributed by atoms with E-state index in [1.165, 1.54) is 85.3 Å². The molecule has 0 aliphatic carbocycles. The van der Waals surface area contributed by atoms with Gasteiger partial charge in [0.05, 0.1) is 0 Å². The lowest BCUT2D eigenvalue weighted by Gasteiger charge is -2.18. The molecule has 0 amide bonds. The minimum absolute atomic E-state index is 0.741. The molecule has 3 aromatic carbocycles. The number of hydrogen-bond donors (Lipinski definition) is 0. The van der Waals surface area contributed by atoms with E-state index in [0.717, 1.165) is 44.2 Å². The molecule has 3 aromatic rings. The third-order valence-electron chi connectivity index (χ3n) is 8.09. The highest BCUT2D eigenvalue weighted by molar-refractivity contribution is 5.98. The zero-order valence-corrected chi connectivity index (χ0v) is 23.8. The third kappa shape index (κ3) is 7.52. The van der Waals surface area contributed by atoms with Crippen molar-refractivity contribution in [1.29, 1.82) is 0 Å². The maximum Gasteiger partial charge on any atom is 0.119 e. The fourth-order valence-corrected chi connectivity index (χ4v) is 5.83. The molecule has 0 radical (unpaired) electrons. The summed E-state index contributed by atoms with van der Waals surface area (Å²) in [7, 11) is 0. The zero-order chi connectivity index (χ0) is 26.9. The fraction of sp³-hybridized carbons (Fsp3) is 0.429. The summed E-state index contributed by atoms with van der Waals surface area (Å²) in [6, 6.07) is 26.3. The van der Waals surface area contributed by atoms with Crippen molar-refractivity contribution < 1.29 is 9.47 Å². The van der Waals surface area contributed by atoms with Crippen LogP contribution in [0, 0.1) is 6.92 Å². The van der Waals surface area contributed by atoms with E-state index in [9.17, 15) is 0 Å². The molecule has 0 atom stereocenters. The Morgan fingerprint density at radius 2 is 1.00 bits per heavy atom. The standard InChI is InChI=1S/C35H44N2O2/c1-3-34(29-10-8-28(2)9-11-29)35(30-12-16-32(17-13-30)38-26-24-36-20-4-5-21-36)31-14-18-33(19-15-31)39-27-25-37-22-6-7-23-37/h8-19H,3-7,20-27H2,1-2H3. The summed E-state index contributed by atoms with van der Waals surface area (Å²) in [6.45, 7) is 12.7. The van der Waals surface area contributed by atoms with Gasteiger partial charge in [-0.1, -0.05) is 61.0 Å². The molecule has 2 heterocycles. The molecule has 0 bridgehead atoms. The molecule has 5 rings (SSSR count). The Morgan fingerprint density at radius 3 is 1.41 bits per heavy atom. The van der Waals surface area contributed by atoms with Gasteiger partial charge < -0.3 is 9.47 Å². The quantitative estimate of drug-likeness (QED) is 0.232. The molecule has 0 aromatic heterocycles. The first kappa shape index (κ1) is 27.5. The van der Waals surface area contributed by atoms with E-state index in [4.69, 9.17) is 9.47 Å². The van der Waals surface area contributed by atoms with Crippen LogP contribution < -0.4 is 9.47 Å². The molecule has 0 saturated carbocycles. The van der Waals surface area contributed by atoms with Gasteiger partial charge in [0.25, 0.3) is 0 Å². The van der Waals surface area contributed by atoms with Crippen molar-refractivity contribution in [1.82, 2.24) is 9.80 Å². The van der Waals surface area contributed by atoms with Crippen molar-refractivity contribution in [3.05, 3.63) is 95.1 Å². The number of rotatable bonds is 12. The molecule has 2 fully saturated rings. The van der Waals surface area contributed by atoms with Crippen molar-refractivity contribution >= 4 is 11.1 Å². The van der Waals surface area contributed by atoms with Gasteiger partial charge in [-0.3, -0.25) is 9.80 Å². The Balaban J connectivity index is 1.35. The van der Waals surface area contributed by atoms with Gasteiger partial charge in [0.15, 0.2) is 0 Å². The van der Waals surface area contributed by atoms with Gasteiger partial charge >= 0.3 is 0 Å². The molecule has 2 aliphatic rings. The summed E-state index contributed by atoms with van der Waals surface area (Å²) in [5, 5.41) is 0. The molecule has 2 aliphatic heterocycles. The Labute approximate surface area is 235 Å². The Kier molecular flexibility index (Phi) is 9.74. The van der Waals surface area contributed by atoms with Gasteiger partial charge in [-0.25, -0.2) is 0 Å². The number of likely N-dealkylation sites (tertiary alicyclic amines) is 2. The molecule has 4 nitrogen and oxygen atoms in total. The number of allylic oxidation sites excluding steroid dienone is 1. The van der Waals surface area contributed by atoms with E-state index < -0.39 is 0 Å². The zero-order valence-electron chi connectivity index (χ0n) is 23.8. The maximum atomic E-state index is 6.11. The second-order valence-electron chi connectivity index (χ2n) is 10.9. The van der Waals surface area contributed by atoms with Crippen LogP contribution in [0.1, 0.15) is 61.3 Å². The Morgan fingerprint density at radius 1 is 0.590 bits per heavy atom. The van der Waals surface area contributed by atoms with E-state index in [1.807, 2.05) is 0 Å². The summed E-state index contributed by atoms with van der Waals surface area (Å²) in [5.41, 5.74) is 7.59. The lowest BCUT2D eigenvalue weighted by Crippen LogP contribution is -2.25. The minimum Gasteiger partial charge on any atom is -0.492 e. The first-order valence-electron chi connectivity index (χ1n) is 14.9. The van der Waals surface area contributed by atoms with E-state index >= 15 is 0 Å². The SMILES string of the molecule is CCC(=C(c1ccc(OCCN2CCCC2)cc1)c1ccc(OCCN2CCCC2)cc1)c1ccc(C)cc1. The van der Waals surface area contributed by atoms with Gasteiger partial charge in [-0.05, 0) is 117 Å². The summed E-state index contributed by atoms with van der Waals surface area (Å²) < 4.78 is 12.2. The number of aryl methyl sites for hydroxylation is 1. The van der Waals surface area contributed by atoms with E-state index in [0.29, 0.717) is 0 Å². The normalized spacial score (nSPS) is 15.9. The van der Waals surface area contributed by atoms with Crippen LogP contribution in [0.2, 0.25) is 0 Å². The first-order chi connectivity index (χ1) is 19.2. The number of benzene rings is 3. The minimum atomic E-state index is 0.741. The van der Waals surface area contributed by atoms with Crippen LogP contribution in [0.4, 0.5) is 0 Å². The second-order valence-corrected chi connectivity index (χ2v) is 10.9. The lowest BCUT2D eigenvalue weighted by molar-refractivity contribution is 0.237. The van der Waals surface area contributed by atoms with Crippen LogP contribution >= 0.6 is 0 Å². The maximum absolute atomic E-state index is 6.11. The molecule has 0 unspecified atom stereocenters. The molecule has 2 saturated heterocycles. The molecular formula is C35H44N2O2. The highest BCUT2D eigenvalue weighted by Crippen LogP contribution is 2.36. The molecule has 39 heavy (non-hydrogen) atoms. The first-order valence-corrected chi connectivity index (χ1v) is 14.9. The number of ether oxygens (including phenoxy) is 2. The van der Waals surface area contributed by atoms with Crippen molar-refractivity contribution in [3.63, 3.8) is 0 Å². The van der Waals surface area contributed by atoms with Crippen LogP contribution in [0.5, 0.6) is 11.5 Å². The molecule has 206 valence electrons. The van der Waals surface area contributed by atoms with E-state index in [1.54, 1.807) is 0 Å². The summed E-state index contributed by atoms with van der Waals surface area (Å²) in [6.07, 6.45) is 6.21. The molecule has 4 heteroatoms. The highest BCUT2D eigenvalue weighted by Gasteiger charge is 2.15.